The van der Waals surface area contributed by atoms with Crippen molar-refractivity contribution in [3.05, 3.63) is 106 Å². The third-order valence-corrected chi connectivity index (χ3v) is 5.93. The molecule has 0 saturated heterocycles. The van der Waals surface area contributed by atoms with Crippen LogP contribution in [0.3, 0.4) is 0 Å². The lowest BCUT2D eigenvalue weighted by Gasteiger charge is -2.09. The van der Waals surface area contributed by atoms with Gasteiger partial charge in [-0.15, -0.1) is 0 Å². The molecule has 0 nitrogen and oxygen atoms in total. The Balaban J connectivity index is 1.57. The van der Waals surface area contributed by atoms with Crippen LogP contribution in [0, 0.1) is 40.9 Å². The molecule has 0 unspecified atom stereocenters. The van der Waals surface area contributed by atoms with E-state index < -0.39 is 29.1 Å². The van der Waals surface area contributed by atoms with Crippen molar-refractivity contribution in [3.63, 3.8) is 0 Å². The second kappa shape index (κ2) is 10.7. The minimum Gasteiger partial charge on any atom is -0.206 e. The smallest absolute Gasteiger partial charge is 0.166 e. The summed E-state index contributed by atoms with van der Waals surface area (Å²) in [5.74, 6) is 1.43. The summed E-state index contributed by atoms with van der Waals surface area (Å²) >= 11 is 0. The van der Waals surface area contributed by atoms with Gasteiger partial charge in [-0.25, -0.2) is 22.0 Å². The Bertz CT molecular complexity index is 1420. The second-order valence-corrected chi connectivity index (χ2v) is 8.49. The molecule has 0 aliphatic rings. The maximum Gasteiger partial charge on any atom is 0.166 e. The lowest BCUT2D eigenvalue weighted by atomic mass is 9.98. The summed E-state index contributed by atoms with van der Waals surface area (Å²) in [6.07, 6.45) is 4.61. The molecule has 178 valence electrons. The Kier molecular flexibility index (Phi) is 7.51. The highest BCUT2D eigenvalue weighted by Gasteiger charge is 2.15. The summed E-state index contributed by atoms with van der Waals surface area (Å²) in [6, 6.07) is 13.4. The molecule has 4 rings (SSSR count). The van der Waals surface area contributed by atoms with Crippen molar-refractivity contribution in [1.82, 2.24) is 0 Å². The van der Waals surface area contributed by atoms with Crippen LogP contribution in [-0.4, -0.2) is 0 Å². The molecule has 0 heterocycles. The predicted octanol–water partition coefficient (Wildman–Crippen LogP) is 8.72. The predicted molar refractivity (Wildman–Crippen MR) is 129 cm³/mol. The molecule has 35 heavy (non-hydrogen) atoms. The number of halogens is 5. The van der Waals surface area contributed by atoms with Crippen LogP contribution in [0.1, 0.15) is 49.3 Å². The molecule has 0 saturated carbocycles. The van der Waals surface area contributed by atoms with Gasteiger partial charge < -0.3 is 0 Å². The Morgan fingerprint density at radius 2 is 1.43 bits per heavy atom. The van der Waals surface area contributed by atoms with E-state index in [1.807, 2.05) is 0 Å². The van der Waals surface area contributed by atoms with E-state index in [-0.39, 0.29) is 22.1 Å². The van der Waals surface area contributed by atoms with Crippen LogP contribution in [0.25, 0.3) is 21.9 Å². The fourth-order valence-corrected chi connectivity index (χ4v) is 4.06. The Labute approximate surface area is 201 Å². The molecule has 0 fully saturated rings. The van der Waals surface area contributed by atoms with Crippen LogP contribution in [0.15, 0.2) is 60.7 Å². The minimum atomic E-state index is -0.937. The van der Waals surface area contributed by atoms with E-state index >= 15 is 0 Å². The van der Waals surface area contributed by atoms with E-state index in [2.05, 4.69) is 18.8 Å². The highest BCUT2D eigenvalue weighted by atomic mass is 19.2. The first-order valence-electron chi connectivity index (χ1n) is 11.5. The number of unbranched alkanes of at least 4 members (excludes halogenated alkanes) is 3. The molecular formula is C30H23F5. The van der Waals surface area contributed by atoms with Gasteiger partial charge in [0.15, 0.2) is 11.6 Å². The Hall–Kier alpha value is -3.65. The number of hydrogen-bond acceptors (Lipinski definition) is 0. The van der Waals surface area contributed by atoms with Crippen LogP contribution in [0.5, 0.6) is 0 Å². The number of benzene rings is 4. The summed E-state index contributed by atoms with van der Waals surface area (Å²) in [4.78, 5) is 0. The van der Waals surface area contributed by atoms with E-state index in [9.17, 15) is 22.0 Å². The van der Waals surface area contributed by atoms with Crippen molar-refractivity contribution in [2.45, 2.75) is 39.0 Å². The zero-order chi connectivity index (χ0) is 24.9. The topological polar surface area (TPSA) is 0 Å². The van der Waals surface area contributed by atoms with Gasteiger partial charge in [0.1, 0.15) is 17.5 Å². The van der Waals surface area contributed by atoms with Gasteiger partial charge in [-0.2, -0.15) is 0 Å². The van der Waals surface area contributed by atoms with Gasteiger partial charge in [0.25, 0.3) is 0 Å². The van der Waals surface area contributed by atoms with Crippen LogP contribution >= 0.6 is 0 Å². The van der Waals surface area contributed by atoms with Crippen molar-refractivity contribution in [3.8, 4) is 23.0 Å². The van der Waals surface area contributed by atoms with E-state index in [0.717, 1.165) is 37.8 Å². The van der Waals surface area contributed by atoms with Gasteiger partial charge >= 0.3 is 0 Å². The van der Waals surface area contributed by atoms with Crippen molar-refractivity contribution in [2.24, 2.45) is 0 Å². The van der Waals surface area contributed by atoms with Gasteiger partial charge in [-0.1, -0.05) is 56.2 Å². The summed E-state index contributed by atoms with van der Waals surface area (Å²) < 4.78 is 71.4. The Morgan fingerprint density at radius 3 is 2.14 bits per heavy atom. The molecule has 0 amide bonds. The van der Waals surface area contributed by atoms with E-state index in [4.69, 9.17) is 0 Å². The van der Waals surface area contributed by atoms with E-state index in [1.165, 1.54) is 42.5 Å². The second-order valence-electron chi connectivity index (χ2n) is 8.49. The molecule has 0 aliphatic carbocycles. The highest BCUT2D eigenvalue weighted by molar-refractivity contribution is 5.84. The summed E-state index contributed by atoms with van der Waals surface area (Å²) in [6.45, 7) is 2.10. The van der Waals surface area contributed by atoms with E-state index in [1.54, 1.807) is 6.07 Å². The first-order valence-corrected chi connectivity index (χ1v) is 11.5. The molecular weight excluding hydrogens is 455 g/mol. The summed E-state index contributed by atoms with van der Waals surface area (Å²) in [5, 5.41) is 0.591. The quantitative estimate of drug-likeness (QED) is 0.148. The lowest BCUT2D eigenvalue weighted by molar-refractivity contribution is 0.517. The fourth-order valence-electron chi connectivity index (χ4n) is 4.06. The highest BCUT2D eigenvalue weighted by Crippen LogP contribution is 2.29. The molecule has 0 aromatic heterocycles. The SMILES string of the molecule is CCCCCCc1cc(F)c(-c2ccc(C#Cc3ccc4c(F)c(F)ccc4c3)c(F)c2)c(F)c1. The van der Waals surface area contributed by atoms with Crippen LogP contribution < -0.4 is 0 Å². The minimum absolute atomic E-state index is 0.0486. The van der Waals surface area contributed by atoms with Gasteiger partial charge in [0, 0.05) is 10.9 Å². The molecule has 0 atom stereocenters. The molecule has 0 bridgehead atoms. The number of fused-ring (bicyclic) bond motifs is 1. The third-order valence-electron chi connectivity index (χ3n) is 5.93. The fraction of sp³-hybridized carbons (Fsp3) is 0.200. The van der Waals surface area contributed by atoms with Crippen molar-refractivity contribution in [1.29, 1.82) is 0 Å². The zero-order valence-corrected chi connectivity index (χ0v) is 19.2. The van der Waals surface area contributed by atoms with Crippen LogP contribution in [0.4, 0.5) is 22.0 Å². The van der Waals surface area contributed by atoms with Crippen molar-refractivity contribution < 1.29 is 22.0 Å². The zero-order valence-electron chi connectivity index (χ0n) is 19.2. The van der Waals surface area contributed by atoms with Gasteiger partial charge in [-0.05, 0) is 71.8 Å². The maximum absolute atomic E-state index is 14.7. The molecule has 0 spiro atoms. The largest absolute Gasteiger partial charge is 0.206 e. The lowest BCUT2D eigenvalue weighted by Crippen LogP contribution is -1.96. The van der Waals surface area contributed by atoms with Crippen molar-refractivity contribution in [2.75, 3.05) is 0 Å². The summed E-state index contributed by atoms with van der Waals surface area (Å²) in [7, 11) is 0. The van der Waals surface area contributed by atoms with E-state index in [0.29, 0.717) is 22.9 Å². The molecule has 0 radical (unpaired) electrons. The monoisotopic (exact) mass is 478 g/mol. The van der Waals surface area contributed by atoms with Crippen molar-refractivity contribution >= 4 is 10.8 Å². The van der Waals surface area contributed by atoms with Crippen LogP contribution in [-0.2, 0) is 6.42 Å². The summed E-state index contributed by atoms with van der Waals surface area (Å²) in [5.41, 5.74) is 0.931. The van der Waals surface area contributed by atoms with Gasteiger partial charge in [0.05, 0.1) is 11.1 Å². The molecule has 4 aromatic rings. The van der Waals surface area contributed by atoms with Gasteiger partial charge in [0.2, 0.25) is 0 Å². The Morgan fingerprint density at radius 1 is 0.657 bits per heavy atom. The molecule has 0 aliphatic heterocycles. The molecule has 5 heteroatoms. The maximum atomic E-state index is 14.7. The number of hydrogen-bond donors (Lipinski definition) is 0. The number of aryl methyl sites for hydroxylation is 1. The molecule has 4 aromatic carbocycles. The average Bonchev–Trinajstić information content (AvgIpc) is 2.83. The first kappa shape index (κ1) is 24.5. The standard InChI is InChI=1S/C30H23F5/c1-2-3-4-5-6-20-16-27(33)29(28(34)17-20)23-11-10-21(26(32)18-23)9-7-19-8-13-24-22(15-19)12-14-25(31)30(24)35/h8,10-18H,2-6H2,1H3. The third kappa shape index (κ3) is 5.54. The van der Waals surface area contributed by atoms with Gasteiger partial charge in [-0.3, -0.25) is 0 Å². The average molecular weight is 479 g/mol. The normalized spacial score (nSPS) is 10.9. The molecule has 0 N–H and O–H groups in total. The van der Waals surface area contributed by atoms with Crippen LogP contribution in [0.2, 0.25) is 0 Å². The number of rotatable bonds is 6. The first-order chi connectivity index (χ1) is 16.9.